The largest absolute Gasteiger partial charge is 0.382 e. The number of aromatic nitrogens is 3. The van der Waals surface area contributed by atoms with Gasteiger partial charge in [-0.15, -0.1) is 0 Å². The molecule has 0 spiro atoms. The lowest BCUT2D eigenvalue weighted by Gasteiger charge is -2.48. The summed E-state index contributed by atoms with van der Waals surface area (Å²) in [6, 6.07) is 6.39. The number of halogens is 2. The lowest BCUT2D eigenvalue weighted by atomic mass is 9.90. The van der Waals surface area contributed by atoms with Gasteiger partial charge < -0.3 is 24.6 Å². The molecule has 2 aromatic heterocycles. The Labute approximate surface area is 232 Å². The van der Waals surface area contributed by atoms with E-state index in [-0.39, 0.29) is 24.3 Å². The number of anilines is 4. The average molecular weight is 577 g/mol. The molecule has 216 valence electrons. The number of nitrogens with one attached hydrogen (secondary N) is 1. The van der Waals surface area contributed by atoms with Crippen LogP contribution in [-0.2, 0) is 19.3 Å². The molecule has 5 rings (SSSR count). The molecule has 1 aromatic carbocycles. The topological polar surface area (TPSA) is 110 Å². The zero-order valence-electron chi connectivity index (χ0n) is 22.8. The Kier molecular flexibility index (Phi) is 8.34. The van der Waals surface area contributed by atoms with E-state index in [4.69, 9.17) is 9.47 Å². The fourth-order valence-corrected chi connectivity index (χ4v) is 6.53. The molecule has 4 atom stereocenters. The van der Waals surface area contributed by atoms with Crippen molar-refractivity contribution in [2.24, 2.45) is 5.92 Å². The zero-order valence-corrected chi connectivity index (χ0v) is 23.6. The van der Waals surface area contributed by atoms with E-state index in [1.54, 1.807) is 42.6 Å². The van der Waals surface area contributed by atoms with Crippen molar-refractivity contribution in [3.63, 3.8) is 0 Å². The van der Waals surface area contributed by atoms with Crippen LogP contribution in [-0.4, -0.2) is 87.2 Å². The van der Waals surface area contributed by atoms with Gasteiger partial charge in [0, 0.05) is 67.3 Å². The van der Waals surface area contributed by atoms with E-state index in [1.807, 2.05) is 6.92 Å². The minimum absolute atomic E-state index is 0.00152. The monoisotopic (exact) mass is 576 g/mol. The first-order chi connectivity index (χ1) is 19.1. The predicted molar refractivity (Wildman–Crippen MR) is 150 cm³/mol. The van der Waals surface area contributed by atoms with Crippen LogP contribution >= 0.6 is 0 Å². The number of alkyl halides is 1. The number of rotatable bonds is 10. The highest BCUT2D eigenvalue weighted by molar-refractivity contribution is 7.90. The van der Waals surface area contributed by atoms with Gasteiger partial charge in [0.2, 0.25) is 5.95 Å². The minimum atomic E-state index is -3.08. The van der Waals surface area contributed by atoms with Crippen molar-refractivity contribution in [3.8, 4) is 0 Å². The number of methoxy groups -OCH3 is 1. The van der Waals surface area contributed by atoms with E-state index in [0.717, 1.165) is 5.69 Å². The zero-order chi connectivity index (χ0) is 28.4. The molecule has 0 radical (unpaired) electrons. The third-order valence-electron chi connectivity index (χ3n) is 7.48. The normalized spacial score (nSPS) is 23.3. The highest BCUT2D eigenvalue weighted by atomic mass is 32.2. The van der Waals surface area contributed by atoms with Gasteiger partial charge in [-0.3, -0.25) is 0 Å². The van der Waals surface area contributed by atoms with E-state index >= 15 is 0 Å². The summed E-state index contributed by atoms with van der Waals surface area (Å²) in [5.41, 5.74) is 0.808. The maximum absolute atomic E-state index is 14.9. The number of fused-ring (bicyclic) bond motifs is 1. The Morgan fingerprint density at radius 3 is 2.70 bits per heavy atom. The van der Waals surface area contributed by atoms with Gasteiger partial charge in [0.15, 0.2) is 6.23 Å². The second kappa shape index (κ2) is 11.8. The molecule has 2 aliphatic heterocycles. The number of hydrogen-bond donors (Lipinski definition) is 1. The minimum Gasteiger partial charge on any atom is -0.382 e. The molecular weight excluding hydrogens is 542 g/mol. The van der Waals surface area contributed by atoms with Crippen LogP contribution in [0.2, 0.25) is 0 Å². The van der Waals surface area contributed by atoms with Crippen LogP contribution in [0, 0.1) is 11.7 Å². The molecule has 2 fully saturated rings. The first-order valence-corrected chi connectivity index (χ1v) is 15.3. The molecule has 2 aliphatic rings. The van der Waals surface area contributed by atoms with Gasteiger partial charge in [0.05, 0.1) is 19.0 Å². The van der Waals surface area contributed by atoms with Crippen LogP contribution in [0.4, 0.5) is 32.1 Å². The number of ether oxygens (including phenoxy) is 2. The number of sulfone groups is 1. The molecule has 0 amide bonds. The summed E-state index contributed by atoms with van der Waals surface area (Å²) >= 11 is 0. The smallest absolute Gasteiger partial charge is 0.229 e. The molecule has 40 heavy (non-hydrogen) atoms. The highest BCUT2D eigenvalue weighted by Gasteiger charge is 2.38. The Balaban J connectivity index is 1.35. The Morgan fingerprint density at radius 1 is 1.12 bits per heavy atom. The summed E-state index contributed by atoms with van der Waals surface area (Å²) in [6.07, 6.45) is 3.46. The second-order valence-corrected chi connectivity index (χ2v) is 12.6. The fourth-order valence-electron chi connectivity index (χ4n) is 5.36. The predicted octanol–water partition coefficient (Wildman–Crippen LogP) is 3.70. The summed E-state index contributed by atoms with van der Waals surface area (Å²) in [7, 11) is -1.52. The van der Waals surface area contributed by atoms with E-state index in [9.17, 15) is 17.2 Å². The van der Waals surface area contributed by atoms with Crippen LogP contribution < -0.4 is 15.1 Å². The van der Waals surface area contributed by atoms with Gasteiger partial charge in [-0.25, -0.2) is 27.2 Å². The highest BCUT2D eigenvalue weighted by Crippen LogP contribution is 2.38. The quantitative estimate of drug-likeness (QED) is 0.359. The van der Waals surface area contributed by atoms with Gasteiger partial charge in [-0.1, -0.05) is 0 Å². The summed E-state index contributed by atoms with van der Waals surface area (Å²) < 4.78 is 63.9. The number of benzene rings is 1. The third kappa shape index (κ3) is 6.11. The Hall–Kier alpha value is -3.16. The molecule has 13 heteroatoms. The summed E-state index contributed by atoms with van der Waals surface area (Å²) in [6.45, 7) is 3.70. The second-order valence-electron chi connectivity index (χ2n) is 10.4. The van der Waals surface area contributed by atoms with Gasteiger partial charge in [-0.05, 0) is 44.0 Å². The first kappa shape index (κ1) is 28.4. The molecular formula is C27H34F2N6O4S. The van der Waals surface area contributed by atoms with Crippen molar-refractivity contribution in [1.29, 1.82) is 0 Å². The van der Waals surface area contributed by atoms with Crippen molar-refractivity contribution in [2.45, 2.75) is 38.2 Å². The maximum atomic E-state index is 14.9. The standard InChI is InChI=1S/C27H34F2N6O4S/c1-17-18(16-40(3,36)37)15-35(17)23-7-6-21(28)19-13-25(31-14-20(19)23)32-24-8-9-30-27(33-24)34-10-4-5-22(29)26(34)39-12-11-38-2/h6-9,13-14,17-18,22,26H,4-5,10-12,15-16H2,1-3H3,(H,30,31,32,33)/t17-,18-,22-,26?/m1/s1. The van der Waals surface area contributed by atoms with Crippen molar-refractivity contribution in [1.82, 2.24) is 15.0 Å². The van der Waals surface area contributed by atoms with Gasteiger partial charge >= 0.3 is 0 Å². The number of nitrogens with zero attached hydrogens (tertiary/aromatic N) is 5. The fraction of sp³-hybridized carbons (Fsp3) is 0.519. The first-order valence-electron chi connectivity index (χ1n) is 13.3. The number of pyridine rings is 1. The van der Waals surface area contributed by atoms with Crippen LogP contribution in [0.15, 0.2) is 36.7 Å². The lowest BCUT2D eigenvalue weighted by molar-refractivity contribution is -0.0365. The van der Waals surface area contributed by atoms with Crippen molar-refractivity contribution < 1.29 is 26.7 Å². The molecule has 0 saturated carbocycles. The van der Waals surface area contributed by atoms with Crippen LogP contribution in [0.1, 0.15) is 19.8 Å². The third-order valence-corrected chi connectivity index (χ3v) is 8.52. The number of piperidine rings is 1. The molecule has 1 N–H and O–H groups in total. The summed E-state index contributed by atoms with van der Waals surface area (Å²) in [5, 5.41) is 4.13. The lowest BCUT2D eigenvalue weighted by Crippen LogP contribution is -2.57. The van der Waals surface area contributed by atoms with Crippen molar-refractivity contribution in [2.75, 3.05) is 60.5 Å². The van der Waals surface area contributed by atoms with Gasteiger partial charge in [-0.2, -0.15) is 4.98 Å². The molecule has 10 nitrogen and oxygen atoms in total. The van der Waals surface area contributed by atoms with Crippen molar-refractivity contribution >= 4 is 43.9 Å². The molecule has 0 bridgehead atoms. The summed E-state index contributed by atoms with van der Waals surface area (Å²) in [5.74, 6) is 0.875. The Bertz CT molecular complexity index is 1460. The van der Waals surface area contributed by atoms with E-state index < -0.39 is 28.1 Å². The van der Waals surface area contributed by atoms with Crippen LogP contribution in [0.3, 0.4) is 0 Å². The van der Waals surface area contributed by atoms with Crippen LogP contribution in [0.25, 0.3) is 10.8 Å². The maximum Gasteiger partial charge on any atom is 0.229 e. The molecule has 0 aliphatic carbocycles. The molecule has 2 saturated heterocycles. The molecule has 1 unspecified atom stereocenters. The Morgan fingerprint density at radius 2 is 1.95 bits per heavy atom. The van der Waals surface area contributed by atoms with E-state index in [2.05, 4.69) is 25.2 Å². The SMILES string of the molecule is COCCOC1[C@H](F)CCCN1c1nccc(Nc2cc3c(F)ccc(N4C[C@H](CS(C)(=O)=O)[C@H]4C)c3cn2)n1. The van der Waals surface area contributed by atoms with Gasteiger partial charge in [0.25, 0.3) is 0 Å². The molecule has 4 heterocycles. The van der Waals surface area contributed by atoms with Crippen molar-refractivity contribution in [3.05, 3.63) is 42.5 Å². The average Bonchev–Trinajstić information content (AvgIpc) is 2.92. The number of hydrogen-bond acceptors (Lipinski definition) is 10. The van der Waals surface area contributed by atoms with E-state index in [0.29, 0.717) is 60.9 Å². The van der Waals surface area contributed by atoms with E-state index in [1.165, 1.54) is 12.3 Å². The molecule has 3 aromatic rings. The van der Waals surface area contributed by atoms with Gasteiger partial charge in [0.1, 0.15) is 33.5 Å². The summed E-state index contributed by atoms with van der Waals surface area (Å²) in [4.78, 5) is 17.2. The van der Waals surface area contributed by atoms with Crippen LogP contribution in [0.5, 0.6) is 0 Å².